The van der Waals surface area contributed by atoms with Crippen molar-refractivity contribution in [3.63, 3.8) is 0 Å². The Morgan fingerprint density at radius 3 is 0.708 bits per heavy atom. The first-order valence-corrected chi connectivity index (χ1v) is 21.1. The molecule has 0 aromatic carbocycles. The zero-order valence-corrected chi connectivity index (χ0v) is 33.2. The Balaban J connectivity index is 0. The number of hydrogen-bond acceptors (Lipinski definition) is 6. The van der Waals surface area contributed by atoms with Gasteiger partial charge in [-0.25, -0.2) is 9.59 Å². The van der Waals surface area contributed by atoms with Crippen LogP contribution in [0, 0.1) is 0 Å². The number of hydrogen-bond donors (Lipinski definition) is 0. The molecule has 0 atom stereocenters. The fourth-order valence-electron chi connectivity index (χ4n) is 5.66. The first-order chi connectivity index (χ1) is 23.3. The van der Waals surface area contributed by atoms with Gasteiger partial charge in [0, 0.05) is 12.8 Å². The van der Waals surface area contributed by atoms with Gasteiger partial charge in [0.25, 0.3) is 0 Å². The maximum atomic E-state index is 11.3. The summed E-state index contributed by atoms with van der Waals surface area (Å²) in [5.41, 5.74) is 0. The summed E-state index contributed by atoms with van der Waals surface area (Å²) in [6, 6.07) is 0. The lowest BCUT2D eigenvalue weighted by atomic mass is 10.0. The van der Waals surface area contributed by atoms with Gasteiger partial charge in [0.2, 0.25) is 0 Å². The van der Waals surface area contributed by atoms with Gasteiger partial charge in [-0.05, 0) is 40.5 Å². The molecule has 0 saturated heterocycles. The van der Waals surface area contributed by atoms with Crippen LogP contribution in [0.1, 0.15) is 247 Å². The van der Waals surface area contributed by atoms with Crippen LogP contribution in [0.25, 0.3) is 0 Å². The van der Waals surface area contributed by atoms with Crippen molar-refractivity contribution < 1.29 is 29.1 Å². The third-order valence-corrected chi connectivity index (χ3v) is 8.64. The van der Waals surface area contributed by atoms with Gasteiger partial charge in [0.1, 0.15) is 0 Å². The Bertz CT molecular complexity index is 582. The van der Waals surface area contributed by atoms with Gasteiger partial charge in [-0.15, -0.1) is 0 Å². The van der Waals surface area contributed by atoms with E-state index in [1.165, 1.54) is 167 Å². The molecule has 0 spiro atoms. The topological polar surface area (TPSA) is 71.1 Å². The molecular weight excluding hydrogens is 600 g/mol. The van der Waals surface area contributed by atoms with E-state index < -0.39 is 0 Å². The Hall–Kier alpha value is -1.14. The number of rotatable bonds is 36. The summed E-state index contributed by atoms with van der Waals surface area (Å²) in [6.07, 6.45) is 40.8. The summed E-state index contributed by atoms with van der Waals surface area (Å²) >= 11 is 0. The highest BCUT2D eigenvalue weighted by molar-refractivity contribution is 5.68. The van der Waals surface area contributed by atoms with Gasteiger partial charge in [-0.3, -0.25) is 9.78 Å². The molecule has 6 nitrogen and oxygen atoms in total. The highest BCUT2D eigenvalue weighted by Gasteiger charge is 2.06. The fourth-order valence-corrected chi connectivity index (χ4v) is 5.66. The van der Waals surface area contributed by atoms with Crippen LogP contribution in [0.15, 0.2) is 0 Å². The molecule has 0 aromatic rings. The summed E-state index contributed by atoms with van der Waals surface area (Å²) in [6.45, 7) is 11.9. The molecule has 0 amide bonds. The van der Waals surface area contributed by atoms with Gasteiger partial charge in [0.15, 0.2) is 0 Å². The maximum absolute atomic E-state index is 11.3. The average Bonchev–Trinajstić information content (AvgIpc) is 3.06. The third-order valence-electron chi connectivity index (χ3n) is 8.64. The minimum Gasteiger partial charge on any atom is -0.298 e. The molecule has 0 aliphatic carbocycles. The Morgan fingerprint density at radius 2 is 0.521 bits per heavy atom. The molecule has 288 valence electrons. The zero-order chi connectivity index (χ0) is 35.8. The predicted octanol–water partition coefficient (Wildman–Crippen LogP) is 14.3. The predicted molar refractivity (Wildman–Crippen MR) is 204 cm³/mol. The molecule has 0 radical (unpaired) electrons. The second kappa shape index (κ2) is 42.0. The fraction of sp³-hybridized carbons (Fsp3) is 0.952. The SMILES string of the molecule is CCCCCCCCCCCCCCCCCC(=O)OOC(C)C.CCCCCCCCCCCCCCCCCC(=O)OOC(C)C. The Labute approximate surface area is 299 Å². The lowest BCUT2D eigenvalue weighted by Crippen LogP contribution is -2.10. The average molecular weight is 685 g/mol. The molecule has 0 heterocycles. The van der Waals surface area contributed by atoms with Crippen molar-refractivity contribution in [2.24, 2.45) is 0 Å². The van der Waals surface area contributed by atoms with E-state index >= 15 is 0 Å². The molecular formula is C42H84O6. The van der Waals surface area contributed by atoms with E-state index in [4.69, 9.17) is 9.78 Å². The Kier molecular flexibility index (Phi) is 42.9. The lowest BCUT2D eigenvalue weighted by Gasteiger charge is -2.06. The molecule has 0 unspecified atom stereocenters. The van der Waals surface area contributed by atoms with E-state index in [9.17, 15) is 9.59 Å². The molecule has 0 N–H and O–H groups in total. The standard InChI is InChI=1S/2C21H42O3/c2*1-4-5-6-7-8-9-10-11-12-13-14-15-16-17-18-19-21(22)24-23-20(2)3/h2*20H,4-19H2,1-3H3. The van der Waals surface area contributed by atoms with Gasteiger partial charge in [0.05, 0.1) is 12.2 Å². The van der Waals surface area contributed by atoms with Crippen molar-refractivity contribution in [1.29, 1.82) is 0 Å². The summed E-state index contributed by atoms with van der Waals surface area (Å²) in [7, 11) is 0. The number of carbonyl (C=O) groups excluding carboxylic acids is 2. The van der Waals surface area contributed by atoms with Crippen molar-refractivity contribution in [2.45, 2.75) is 259 Å². The van der Waals surface area contributed by atoms with Crippen LogP contribution in [0.2, 0.25) is 0 Å². The largest absolute Gasteiger partial charge is 0.342 e. The molecule has 0 aliphatic heterocycles. The highest BCUT2D eigenvalue weighted by atomic mass is 17.2. The van der Waals surface area contributed by atoms with Crippen molar-refractivity contribution in [2.75, 3.05) is 0 Å². The minimum absolute atomic E-state index is 0.0602. The smallest absolute Gasteiger partial charge is 0.298 e. The highest BCUT2D eigenvalue weighted by Crippen LogP contribution is 2.15. The summed E-state index contributed by atoms with van der Waals surface area (Å²) in [4.78, 5) is 41.7. The summed E-state index contributed by atoms with van der Waals surface area (Å²) in [5, 5.41) is 0. The van der Waals surface area contributed by atoms with Crippen LogP contribution >= 0.6 is 0 Å². The molecule has 0 fully saturated rings. The number of unbranched alkanes of at least 4 members (excludes halogenated alkanes) is 28. The van der Waals surface area contributed by atoms with Gasteiger partial charge in [-0.1, -0.05) is 194 Å². The quantitative estimate of drug-likeness (QED) is 0.0371. The molecule has 0 saturated carbocycles. The van der Waals surface area contributed by atoms with E-state index in [0.29, 0.717) is 12.8 Å². The first kappa shape index (κ1) is 49.0. The second-order valence-electron chi connectivity index (χ2n) is 14.6. The monoisotopic (exact) mass is 685 g/mol. The minimum atomic E-state index is -0.238. The molecule has 6 heteroatoms. The molecule has 0 bridgehead atoms. The summed E-state index contributed by atoms with van der Waals surface area (Å²) < 4.78 is 0. The van der Waals surface area contributed by atoms with Crippen LogP contribution in [-0.4, -0.2) is 24.1 Å². The van der Waals surface area contributed by atoms with E-state index in [1.807, 2.05) is 27.7 Å². The van der Waals surface area contributed by atoms with Gasteiger partial charge < -0.3 is 0 Å². The molecule has 48 heavy (non-hydrogen) atoms. The second-order valence-corrected chi connectivity index (χ2v) is 14.6. The molecule has 0 aromatic heterocycles. The maximum Gasteiger partial charge on any atom is 0.342 e. The lowest BCUT2D eigenvalue weighted by molar-refractivity contribution is -0.291. The van der Waals surface area contributed by atoms with Crippen molar-refractivity contribution in [3.05, 3.63) is 0 Å². The number of carbonyl (C=O) groups is 2. The molecule has 0 rings (SSSR count). The van der Waals surface area contributed by atoms with E-state index in [0.717, 1.165) is 25.7 Å². The van der Waals surface area contributed by atoms with Crippen LogP contribution in [0.5, 0.6) is 0 Å². The van der Waals surface area contributed by atoms with Crippen molar-refractivity contribution in [1.82, 2.24) is 0 Å². The van der Waals surface area contributed by atoms with Gasteiger partial charge >= 0.3 is 11.9 Å². The first-order valence-electron chi connectivity index (χ1n) is 21.1. The Morgan fingerprint density at radius 1 is 0.333 bits per heavy atom. The summed E-state index contributed by atoms with van der Waals surface area (Å²) in [5.74, 6) is -0.475. The molecule has 0 aliphatic rings. The normalized spacial score (nSPS) is 11.2. The van der Waals surface area contributed by atoms with Crippen LogP contribution in [0.3, 0.4) is 0 Å². The zero-order valence-electron chi connectivity index (χ0n) is 33.2. The van der Waals surface area contributed by atoms with Crippen molar-refractivity contribution >= 4 is 11.9 Å². The van der Waals surface area contributed by atoms with Crippen molar-refractivity contribution in [3.8, 4) is 0 Å². The van der Waals surface area contributed by atoms with E-state index in [-0.39, 0.29) is 24.1 Å². The van der Waals surface area contributed by atoms with E-state index in [2.05, 4.69) is 23.6 Å². The van der Waals surface area contributed by atoms with Crippen LogP contribution in [0.4, 0.5) is 0 Å². The van der Waals surface area contributed by atoms with Crippen LogP contribution in [-0.2, 0) is 29.1 Å². The van der Waals surface area contributed by atoms with Gasteiger partial charge in [-0.2, -0.15) is 9.78 Å². The van der Waals surface area contributed by atoms with E-state index in [1.54, 1.807) is 0 Å². The third kappa shape index (κ3) is 47.0. The van der Waals surface area contributed by atoms with Crippen LogP contribution < -0.4 is 0 Å².